The summed E-state index contributed by atoms with van der Waals surface area (Å²) in [5.74, 6) is 1.79. The highest BCUT2D eigenvalue weighted by Gasteiger charge is 2.16. The molecule has 0 unspecified atom stereocenters. The second-order valence-corrected chi connectivity index (χ2v) is 11.1. The lowest BCUT2D eigenvalue weighted by Gasteiger charge is -2.21. The van der Waals surface area contributed by atoms with Gasteiger partial charge in [0.2, 0.25) is 0 Å². The summed E-state index contributed by atoms with van der Waals surface area (Å²) >= 11 is 0. The summed E-state index contributed by atoms with van der Waals surface area (Å²) in [6.07, 6.45) is 5.39. The minimum absolute atomic E-state index is 0.105. The number of ether oxygens (including phenoxy) is 4. The largest absolute Gasteiger partial charge is 0.491 e. The van der Waals surface area contributed by atoms with Crippen molar-refractivity contribution in [3.05, 3.63) is 84.0 Å². The SMILES string of the molecule is C=CCc1cc(C(C)(C)C)ccc1OCCOCCOCCOc1ccc(C(C)(C)C)cc1CC=C. The van der Waals surface area contributed by atoms with E-state index in [0.717, 1.165) is 35.5 Å². The molecule has 0 N–H and O–H groups in total. The van der Waals surface area contributed by atoms with Crippen molar-refractivity contribution < 1.29 is 18.9 Å². The van der Waals surface area contributed by atoms with Crippen LogP contribution in [0.5, 0.6) is 11.5 Å². The van der Waals surface area contributed by atoms with Gasteiger partial charge in [-0.05, 0) is 58.1 Å². The van der Waals surface area contributed by atoms with E-state index in [4.69, 9.17) is 18.9 Å². The van der Waals surface area contributed by atoms with Gasteiger partial charge in [0.25, 0.3) is 0 Å². The van der Waals surface area contributed by atoms with E-state index in [1.807, 2.05) is 12.2 Å². The van der Waals surface area contributed by atoms with Gasteiger partial charge in [0.1, 0.15) is 24.7 Å². The fourth-order valence-electron chi connectivity index (χ4n) is 3.75. The van der Waals surface area contributed by atoms with Gasteiger partial charge in [-0.25, -0.2) is 0 Å². The molecule has 0 aromatic heterocycles. The van der Waals surface area contributed by atoms with Crippen LogP contribution in [0.15, 0.2) is 61.7 Å². The Bertz CT molecular complexity index is 884. The first-order valence-corrected chi connectivity index (χ1v) is 13.0. The molecule has 0 atom stereocenters. The van der Waals surface area contributed by atoms with Gasteiger partial charge in [0.05, 0.1) is 26.4 Å². The van der Waals surface area contributed by atoms with E-state index in [2.05, 4.69) is 91.1 Å². The predicted octanol–water partition coefficient (Wildman–Crippen LogP) is 7.23. The first-order chi connectivity index (χ1) is 17.1. The molecule has 0 aliphatic carbocycles. The van der Waals surface area contributed by atoms with Crippen LogP contribution in [0.3, 0.4) is 0 Å². The van der Waals surface area contributed by atoms with Crippen LogP contribution in [0.1, 0.15) is 63.8 Å². The standard InChI is InChI=1S/C32H46O4/c1-9-11-25-23-27(31(3,4)5)13-15-29(25)35-21-19-33-17-18-34-20-22-36-30-16-14-28(32(6,7)8)24-26(30)12-10-2/h9-10,13-16,23-24H,1-2,11-12,17-22H2,3-8H3. The monoisotopic (exact) mass is 494 g/mol. The first kappa shape index (κ1) is 29.7. The Labute approximate surface area is 219 Å². The number of allylic oxidation sites excluding steroid dienone is 2. The summed E-state index contributed by atoms with van der Waals surface area (Å²) < 4.78 is 23.3. The van der Waals surface area contributed by atoms with E-state index in [1.165, 1.54) is 11.1 Å². The Morgan fingerprint density at radius 1 is 0.583 bits per heavy atom. The lowest BCUT2D eigenvalue weighted by molar-refractivity contribution is 0.0272. The molecular weight excluding hydrogens is 448 g/mol. The maximum atomic E-state index is 5.97. The molecule has 0 aliphatic heterocycles. The Kier molecular flexibility index (Phi) is 11.7. The summed E-state index contributed by atoms with van der Waals surface area (Å²) in [5.41, 5.74) is 5.11. The topological polar surface area (TPSA) is 36.9 Å². The Morgan fingerprint density at radius 3 is 1.28 bits per heavy atom. The molecule has 0 saturated heterocycles. The van der Waals surface area contributed by atoms with Crippen LogP contribution in [0, 0.1) is 0 Å². The van der Waals surface area contributed by atoms with Crippen LogP contribution in [-0.4, -0.2) is 39.6 Å². The highest BCUT2D eigenvalue weighted by Crippen LogP contribution is 2.29. The van der Waals surface area contributed by atoms with Crippen LogP contribution >= 0.6 is 0 Å². The molecule has 0 aliphatic rings. The van der Waals surface area contributed by atoms with Crippen LogP contribution in [0.25, 0.3) is 0 Å². The Hall–Kier alpha value is -2.56. The van der Waals surface area contributed by atoms with Gasteiger partial charge in [-0.15, -0.1) is 13.2 Å². The molecule has 0 radical (unpaired) electrons. The highest BCUT2D eigenvalue weighted by molar-refractivity contribution is 5.41. The Morgan fingerprint density at radius 2 is 0.944 bits per heavy atom. The quantitative estimate of drug-likeness (QED) is 0.193. The van der Waals surface area contributed by atoms with E-state index in [1.54, 1.807) is 0 Å². The third-order valence-electron chi connectivity index (χ3n) is 5.92. The lowest BCUT2D eigenvalue weighted by Crippen LogP contribution is -2.15. The van der Waals surface area contributed by atoms with E-state index in [0.29, 0.717) is 39.6 Å². The minimum Gasteiger partial charge on any atom is -0.491 e. The zero-order valence-corrected chi connectivity index (χ0v) is 23.3. The molecule has 0 bridgehead atoms. The van der Waals surface area contributed by atoms with Crippen molar-refractivity contribution in [2.75, 3.05) is 39.6 Å². The lowest BCUT2D eigenvalue weighted by atomic mass is 9.85. The molecule has 0 spiro atoms. The van der Waals surface area contributed by atoms with Crippen molar-refractivity contribution in [1.29, 1.82) is 0 Å². The van der Waals surface area contributed by atoms with Crippen molar-refractivity contribution in [1.82, 2.24) is 0 Å². The van der Waals surface area contributed by atoms with Gasteiger partial charge in [-0.3, -0.25) is 0 Å². The fourth-order valence-corrected chi connectivity index (χ4v) is 3.75. The van der Waals surface area contributed by atoms with Gasteiger partial charge in [-0.1, -0.05) is 78.0 Å². The predicted molar refractivity (Wildman–Crippen MR) is 151 cm³/mol. The van der Waals surface area contributed by atoms with Crippen molar-refractivity contribution in [3.63, 3.8) is 0 Å². The van der Waals surface area contributed by atoms with Crippen LogP contribution in [-0.2, 0) is 33.1 Å². The van der Waals surface area contributed by atoms with Gasteiger partial charge in [0, 0.05) is 0 Å². The Balaban J connectivity index is 1.66. The molecule has 0 amide bonds. The van der Waals surface area contributed by atoms with Crippen molar-refractivity contribution in [2.45, 2.75) is 65.2 Å². The summed E-state index contributed by atoms with van der Waals surface area (Å²) in [4.78, 5) is 0. The summed E-state index contributed by atoms with van der Waals surface area (Å²) in [6.45, 7) is 24.1. The fraction of sp³-hybridized carbons (Fsp3) is 0.500. The average Bonchev–Trinajstić information content (AvgIpc) is 2.80. The van der Waals surface area contributed by atoms with Crippen molar-refractivity contribution in [2.24, 2.45) is 0 Å². The van der Waals surface area contributed by atoms with Gasteiger partial charge in [-0.2, -0.15) is 0 Å². The maximum Gasteiger partial charge on any atom is 0.122 e. The number of hydrogen-bond donors (Lipinski definition) is 0. The van der Waals surface area contributed by atoms with E-state index < -0.39 is 0 Å². The first-order valence-electron chi connectivity index (χ1n) is 13.0. The van der Waals surface area contributed by atoms with E-state index >= 15 is 0 Å². The second-order valence-electron chi connectivity index (χ2n) is 11.1. The molecule has 0 heterocycles. The van der Waals surface area contributed by atoms with Gasteiger partial charge >= 0.3 is 0 Å². The van der Waals surface area contributed by atoms with Crippen LogP contribution in [0.4, 0.5) is 0 Å². The molecule has 198 valence electrons. The molecule has 2 rings (SSSR count). The molecule has 36 heavy (non-hydrogen) atoms. The van der Waals surface area contributed by atoms with Gasteiger partial charge < -0.3 is 18.9 Å². The molecule has 4 heteroatoms. The van der Waals surface area contributed by atoms with E-state index in [-0.39, 0.29) is 10.8 Å². The number of hydrogen-bond acceptors (Lipinski definition) is 4. The van der Waals surface area contributed by atoms with Gasteiger partial charge in [0.15, 0.2) is 0 Å². The van der Waals surface area contributed by atoms with Crippen molar-refractivity contribution >= 4 is 0 Å². The number of rotatable bonds is 15. The molecule has 4 nitrogen and oxygen atoms in total. The van der Waals surface area contributed by atoms with Crippen LogP contribution < -0.4 is 9.47 Å². The summed E-state index contributed by atoms with van der Waals surface area (Å²) in [5, 5.41) is 0. The minimum atomic E-state index is 0.105. The normalized spacial score (nSPS) is 11.8. The molecule has 2 aromatic rings. The summed E-state index contributed by atoms with van der Waals surface area (Å²) in [6, 6.07) is 12.8. The second kappa shape index (κ2) is 14.2. The molecule has 0 saturated carbocycles. The third-order valence-corrected chi connectivity index (χ3v) is 5.92. The highest BCUT2D eigenvalue weighted by atomic mass is 16.6. The zero-order chi connectivity index (χ0) is 26.6. The molecular formula is C32H46O4. The summed E-state index contributed by atoms with van der Waals surface area (Å²) in [7, 11) is 0. The average molecular weight is 495 g/mol. The van der Waals surface area contributed by atoms with Crippen molar-refractivity contribution in [3.8, 4) is 11.5 Å². The third kappa shape index (κ3) is 9.83. The maximum absolute atomic E-state index is 5.97. The molecule has 0 fully saturated rings. The van der Waals surface area contributed by atoms with E-state index in [9.17, 15) is 0 Å². The molecule has 2 aromatic carbocycles. The van der Waals surface area contributed by atoms with Crippen LogP contribution in [0.2, 0.25) is 0 Å². The zero-order valence-electron chi connectivity index (χ0n) is 23.3. The number of benzene rings is 2. The smallest absolute Gasteiger partial charge is 0.122 e.